The third-order valence-electron chi connectivity index (χ3n) is 2.01. The van der Waals surface area contributed by atoms with Gasteiger partial charge in [-0.3, -0.25) is 9.59 Å². The zero-order valence-electron chi connectivity index (χ0n) is 9.63. The molecule has 2 N–H and O–H groups in total. The first-order valence-corrected chi connectivity index (χ1v) is 5.19. The maximum atomic E-state index is 11.2. The lowest BCUT2D eigenvalue weighted by Gasteiger charge is -2.10. The molecule has 0 bridgehead atoms. The van der Waals surface area contributed by atoms with E-state index in [0.29, 0.717) is 19.6 Å². The van der Waals surface area contributed by atoms with Gasteiger partial charge >= 0.3 is 11.8 Å². The van der Waals surface area contributed by atoms with Crippen LogP contribution in [0, 0.1) is 0 Å². The van der Waals surface area contributed by atoms with Crippen LogP contribution in [-0.2, 0) is 14.3 Å². The molecule has 1 unspecified atom stereocenters. The van der Waals surface area contributed by atoms with Gasteiger partial charge in [-0.1, -0.05) is 6.92 Å². The third kappa shape index (κ3) is 6.90. The Labute approximate surface area is 90.6 Å². The molecule has 15 heavy (non-hydrogen) atoms. The van der Waals surface area contributed by atoms with Gasteiger partial charge in [-0.15, -0.1) is 0 Å². The molecule has 5 heteroatoms. The molecular formula is C10H20N2O3. The van der Waals surface area contributed by atoms with Crippen LogP contribution in [0.5, 0.6) is 0 Å². The maximum absolute atomic E-state index is 11.2. The summed E-state index contributed by atoms with van der Waals surface area (Å²) in [5.74, 6) is -1.15. The van der Waals surface area contributed by atoms with E-state index in [4.69, 9.17) is 4.74 Å². The number of rotatable bonds is 6. The van der Waals surface area contributed by atoms with Gasteiger partial charge in [0.15, 0.2) is 0 Å². The van der Waals surface area contributed by atoms with Gasteiger partial charge in [0.2, 0.25) is 0 Å². The Bertz CT molecular complexity index is 207. The number of carbonyl (C=O) groups is 2. The van der Waals surface area contributed by atoms with E-state index in [2.05, 4.69) is 10.6 Å². The predicted molar refractivity (Wildman–Crippen MR) is 57.4 cm³/mol. The fourth-order valence-electron chi connectivity index (χ4n) is 0.890. The number of amides is 2. The van der Waals surface area contributed by atoms with Crippen LogP contribution >= 0.6 is 0 Å². The molecule has 1 atom stereocenters. The fourth-order valence-corrected chi connectivity index (χ4v) is 0.890. The van der Waals surface area contributed by atoms with Crippen molar-refractivity contribution in [3.05, 3.63) is 0 Å². The molecule has 0 aromatic heterocycles. The van der Waals surface area contributed by atoms with E-state index in [0.717, 1.165) is 6.42 Å². The van der Waals surface area contributed by atoms with Crippen molar-refractivity contribution < 1.29 is 14.3 Å². The van der Waals surface area contributed by atoms with Gasteiger partial charge in [-0.25, -0.2) is 0 Å². The van der Waals surface area contributed by atoms with Crippen LogP contribution in [0.2, 0.25) is 0 Å². The molecular weight excluding hydrogens is 196 g/mol. The number of methoxy groups -OCH3 is 1. The van der Waals surface area contributed by atoms with Crippen molar-refractivity contribution in [1.82, 2.24) is 10.6 Å². The summed E-state index contributed by atoms with van der Waals surface area (Å²) < 4.78 is 4.81. The summed E-state index contributed by atoms with van der Waals surface area (Å²) in [6.45, 7) is 4.84. The Hall–Kier alpha value is -1.10. The number of hydrogen-bond donors (Lipinski definition) is 2. The van der Waals surface area contributed by atoms with Crippen molar-refractivity contribution in [2.24, 2.45) is 0 Å². The number of ether oxygens (including phenoxy) is 1. The van der Waals surface area contributed by atoms with Crippen LogP contribution in [0.1, 0.15) is 26.7 Å². The van der Waals surface area contributed by atoms with Crippen molar-refractivity contribution in [1.29, 1.82) is 0 Å². The van der Waals surface area contributed by atoms with Crippen LogP contribution < -0.4 is 10.6 Å². The molecule has 0 heterocycles. The molecule has 0 rings (SSSR count). The van der Waals surface area contributed by atoms with Gasteiger partial charge in [0, 0.05) is 26.3 Å². The molecule has 2 amide bonds. The molecule has 0 aromatic carbocycles. The molecule has 0 spiro atoms. The smallest absolute Gasteiger partial charge is 0.309 e. The van der Waals surface area contributed by atoms with E-state index in [9.17, 15) is 9.59 Å². The lowest BCUT2D eigenvalue weighted by atomic mass is 10.2. The van der Waals surface area contributed by atoms with Crippen LogP contribution in [-0.4, -0.2) is 38.1 Å². The monoisotopic (exact) mass is 216 g/mol. The Balaban J connectivity index is 3.65. The highest BCUT2D eigenvalue weighted by Gasteiger charge is 2.13. The number of carbonyl (C=O) groups excluding carboxylic acids is 2. The summed E-state index contributed by atoms with van der Waals surface area (Å²) in [6.07, 6.45) is 1.52. The zero-order chi connectivity index (χ0) is 11.7. The first-order chi connectivity index (χ1) is 7.11. The Kier molecular flexibility index (Phi) is 7.62. The normalized spacial score (nSPS) is 11.9. The number of nitrogens with one attached hydrogen (secondary N) is 2. The van der Waals surface area contributed by atoms with Crippen molar-refractivity contribution in [3.63, 3.8) is 0 Å². The van der Waals surface area contributed by atoms with Crippen LogP contribution in [0.4, 0.5) is 0 Å². The Morgan fingerprint density at radius 1 is 1.33 bits per heavy atom. The molecule has 5 nitrogen and oxygen atoms in total. The van der Waals surface area contributed by atoms with Crippen LogP contribution in [0.15, 0.2) is 0 Å². The van der Waals surface area contributed by atoms with Crippen molar-refractivity contribution in [3.8, 4) is 0 Å². The van der Waals surface area contributed by atoms with Gasteiger partial charge in [0.05, 0.1) is 0 Å². The minimum Gasteiger partial charge on any atom is -0.385 e. The van der Waals surface area contributed by atoms with Crippen LogP contribution in [0.25, 0.3) is 0 Å². The van der Waals surface area contributed by atoms with E-state index >= 15 is 0 Å². The van der Waals surface area contributed by atoms with Crippen LogP contribution in [0.3, 0.4) is 0 Å². The zero-order valence-corrected chi connectivity index (χ0v) is 9.63. The molecule has 0 aliphatic heterocycles. The molecule has 0 radical (unpaired) electrons. The quantitative estimate of drug-likeness (QED) is 0.487. The van der Waals surface area contributed by atoms with Gasteiger partial charge in [-0.2, -0.15) is 0 Å². The van der Waals surface area contributed by atoms with E-state index in [1.54, 1.807) is 7.11 Å². The summed E-state index contributed by atoms with van der Waals surface area (Å²) in [5, 5.41) is 5.10. The maximum Gasteiger partial charge on any atom is 0.309 e. The SMILES string of the molecule is CCC(C)NC(=O)C(=O)NCCCOC. The topological polar surface area (TPSA) is 67.4 Å². The highest BCUT2D eigenvalue weighted by atomic mass is 16.5. The summed E-state index contributed by atoms with van der Waals surface area (Å²) in [7, 11) is 1.59. The van der Waals surface area contributed by atoms with Gasteiger partial charge in [-0.05, 0) is 19.8 Å². The summed E-state index contributed by atoms with van der Waals surface area (Å²) in [6, 6.07) is 0.0298. The molecule has 0 saturated heterocycles. The summed E-state index contributed by atoms with van der Waals surface area (Å²) in [5.41, 5.74) is 0. The van der Waals surface area contributed by atoms with E-state index in [-0.39, 0.29) is 6.04 Å². The molecule has 0 aliphatic rings. The van der Waals surface area contributed by atoms with E-state index < -0.39 is 11.8 Å². The molecule has 0 saturated carbocycles. The highest BCUT2D eigenvalue weighted by Crippen LogP contribution is 1.87. The van der Waals surface area contributed by atoms with Gasteiger partial charge in [0.25, 0.3) is 0 Å². The molecule has 0 aliphatic carbocycles. The molecule has 88 valence electrons. The summed E-state index contributed by atoms with van der Waals surface area (Å²) in [4.78, 5) is 22.4. The second-order valence-corrected chi connectivity index (χ2v) is 3.39. The van der Waals surface area contributed by atoms with Gasteiger partial charge in [0.1, 0.15) is 0 Å². The average molecular weight is 216 g/mol. The first kappa shape index (κ1) is 13.9. The standard InChI is InChI=1S/C10H20N2O3/c1-4-8(2)12-10(14)9(13)11-6-5-7-15-3/h8H,4-7H2,1-3H3,(H,11,13)(H,12,14). The van der Waals surface area contributed by atoms with Crippen molar-refractivity contribution >= 4 is 11.8 Å². The lowest BCUT2D eigenvalue weighted by molar-refractivity contribution is -0.139. The molecule has 0 aromatic rings. The average Bonchev–Trinajstić information content (AvgIpc) is 2.23. The number of hydrogen-bond acceptors (Lipinski definition) is 3. The van der Waals surface area contributed by atoms with Crippen molar-refractivity contribution in [2.45, 2.75) is 32.7 Å². The van der Waals surface area contributed by atoms with E-state index in [1.165, 1.54) is 0 Å². The molecule has 0 fully saturated rings. The Morgan fingerprint density at radius 2 is 2.00 bits per heavy atom. The summed E-state index contributed by atoms with van der Waals surface area (Å²) >= 11 is 0. The minimum atomic E-state index is -0.577. The lowest BCUT2D eigenvalue weighted by Crippen LogP contribution is -2.43. The Morgan fingerprint density at radius 3 is 2.53 bits per heavy atom. The third-order valence-corrected chi connectivity index (χ3v) is 2.01. The van der Waals surface area contributed by atoms with Gasteiger partial charge < -0.3 is 15.4 Å². The highest BCUT2D eigenvalue weighted by molar-refractivity contribution is 6.35. The largest absolute Gasteiger partial charge is 0.385 e. The fraction of sp³-hybridized carbons (Fsp3) is 0.800. The second kappa shape index (κ2) is 8.23. The predicted octanol–water partition coefficient (Wildman–Crippen LogP) is 0.0538. The minimum absolute atomic E-state index is 0.0298. The van der Waals surface area contributed by atoms with E-state index in [1.807, 2.05) is 13.8 Å². The first-order valence-electron chi connectivity index (χ1n) is 5.19. The second-order valence-electron chi connectivity index (χ2n) is 3.39. The van der Waals surface area contributed by atoms with Crippen molar-refractivity contribution in [2.75, 3.05) is 20.3 Å².